The Labute approximate surface area is 137 Å². The predicted molar refractivity (Wildman–Crippen MR) is 83.7 cm³/mol. The molecule has 0 spiro atoms. The van der Waals surface area contributed by atoms with Gasteiger partial charge in [0.1, 0.15) is 5.75 Å². The second kappa shape index (κ2) is 6.73. The van der Waals surface area contributed by atoms with E-state index < -0.39 is 11.2 Å². The van der Waals surface area contributed by atoms with Gasteiger partial charge >= 0.3 is 0 Å². The van der Waals surface area contributed by atoms with Crippen molar-refractivity contribution in [2.45, 2.75) is 5.38 Å². The van der Waals surface area contributed by atoms with E-state index in [0.29, 0.717) is 26.9 Å². The Morgan fingerprint density at radius 2 is 1.62 bits per heavy atom. The van der Waals surface area contributed by atoms with Crippen molar-refractivity contribution in [1.29, 1.82) is 0 Å². The number of halogens is 4. The molecule has 0 aliphatic heterocycles. The van der Waals surface area contributed by atoms with Crippen LogP contribution < -0.4 is 9.47 Å². The minimum atomic E-state index is -0.588. The number of rotatable bonds is 4. The Kier molecular flexibility index (Phi) is 5.20. The molecule has 0 bridgehead atoms. The lowest BCUT2D eigenvalue weighted by atomic mass is 10.0. The molecule has 0 aliphatic carbocycles. The van der Waals surface area contributed by atoms with E-state index in [-0.39, 0.29) is 5.75 Å². The quantitative estimate of drug-likeness (QED) is 0.681. The number of hydrogen-bond acceptors (Lipinski definition) is 2. The molecule has 0 amide bonds. The van der Waals surface area contributed by atoms with Crippen LogP contribution in [0.1, 0.15) is 16.5 Å². The van der Waals surface area contributed by atoms with Crippen LogP contribution in [-0.2, 0) is 0 Å². The molecule has 0 heterocycles. The average Bonchev–Trinajstić information content (AvgIpc) is 2.49. The summed E-state index contributed by atoms with van der Waals surface area (Å²) in [6.45, 7) is 0. The Hall–Kier alpha value is -1.16. The molecule has 2 rings (SSSR count). The van der Waals surface area contributed by atoms with Crippen LogP contribution in [0.2, 0.25) is 10.0 Å². The highest BCUT2D eigenvalue weighted by atomic mass is 35.5. The van der Waals surface area contributed by atoms with Crippen LogP contribution in [-0.4, -0.2) is 14.2 Å². The molecule has 6 heteroatoms. The molecule has 0 aliphatic rings. The Balaban J connectivity index is 2.44. The number of ether oxygens (including phenoxy) is 2. The van der Waals surface area contributed by atoms with Gasteiger partial charge in [0.25, 0.3) is 0 Å². The molecule has 0 radical (unpaired) electrons. The zero-order chi connectivity index (χ0) is 15.6. The van der Waals surface area contributed by atoms with E-state index in [1.54, 1.807) is 18.2 Å². The number of hydrogen-bond donors (Lipinski definition) is 0. The average molecular weight is 350 g/mol. The maximum absolute atomic E-state index is 13.4. The fourth-order valence-corrected chi connectivity index (χ4v) is 2.79. The minimum absolute atomic E-state index is 0.119. The molecule has 0 fully saturated rings. The van der Waals surface area contributed by atoms with Crippen molar-refractivity contribution >= 4 is 34.8 Å². The third kappa shape index (κ3) is 3.37. The van der Waals surface area contributed by atoms with Crippen LogP contribution in [0.15, 0.2) is 30.3 Å². The summed E-state index contributed by atoms with van der Waals surface area (Å²) in [5.41, 5.74) is 1.26. The van der Waals surface area contributed by atoms with E-state index in [9.17, 15) is 4.39 Å². The van der Waals surface area contributed by atoms with E-state index in [1.807, 2.05) is 0 Å². The van der Waals surface area contributed by atoms with Gasteiger partial charge in [0.15, 0.2) is 11.6 Å². The minimum Gasteiger partial charge on any atom is -0.495 e. The van der Waals surface area contributed by atoms with Gasteiger partial charge in [-0.25, -0.2) is 4.39 Å². The van der Waals surface area contributed by atoms with E-state index in [1.165, 1.54) is 26.4 Å². The third-order valence-corrected chi connectivity index (χ3v) is 4.12. The van der Waals surface area contributed by atoms with E-state index in [0.717, 1.165) is 0 Å². The summed E-state index contributed by atoms with van der Waals surface area (Å²) in [6, 6.07) is 7.62. The van der Waals surface area contributed by atoms with Gasteiger partial charge in [-0.1, -0.05) is 29.3 Å². The second-order valence-corrected chi connectivity index (χ2v) is 5.52. The summed E-state index contributed by atoms with van der Waals surface area (Å²) >= 11 is 18.7. The molecular weight excluding hydrogens is 338 g/mol. The predicted octanol–water partition coefficient (Wildman–Crippen LogP) is 5.48. The molecule has 1 unspecified atom stereocenters. The normalized spacial score (nSPS) is 12.1. The molecule has 0 aromatic heterocycles. The molecule has 2 aromatic rings. The van der Waals surface area contributed by atoms with Gasteiger partial charge in [-0.2, -0.15) is 0 Å². The van der Waals surface area contributed by atoms with Gasteiger partial charge in [0, 0.05) is 11.1 Å². The standard InChI is InChI=1S/C15H12Cl3FO2/c1-20-13-7-10(16)9(6-11(13)17)15(18)8-3-4-12(19)14(5-8)21-2/h3-7,15H,1-2H3. The Morgan fingerprint density at radius 1 is 0.952 bits per heavy atom. The molecule has 0 saturated heterocycles. The fourth-order valence-electron chi connectivity index (χ4n) is 1.91. The maximum Gasteiger partial charge on any atom is 0.165 e. The molecule has 0 saturated carbocycles. The lowest BCUT2D eigenvalue weighted by Crippen LogP contribution is -1.98. The summed E-state index contributed by atoms with van der Waals surface area (Å²) in [5, 5.41) is 0.228. The first kappa shape index (κ1) is 16.2. The first-order valence-corrected chi connectivity index (χ1v) is 7.17. The van der Waals surface area contributed by atoms with Crippen LogP contribution in [0.3, 0.4) is 0 Å². The smallest absolute Gasteiger partial charge is 0.165 e. The van der Waals surface area contributed by atoms with Crippen molar-refractivity contribution in [3.63, 3.8) is 0 Å². The lowest BCUT2D eigenvalue weighted by molar-refractivity contribution is 0.386. The number of benzene rings is 2. The van der Waals surface area contributed by atoms with Gasteiger partial charge in [0.2, 0.25) is 0 Å². The summed E-state index contributed by atoms with van der Waals surface area (Å²) in [4.78, 5) is 0. The molecule has 2 aromatic carbocycles. The van der Waals surface area contributed by atoms with Crippen LogP contribution in [0.4, 0.5) is 4.39 Å². The Bertz CT molecular complexity index is 662. The van der Waals surface area contributed by atoms with Crippen molar-refractivity contribution in [2.75, 3.05) is 14.2 Å². The number of alkyl halides is 1. The fraction of sp³-hybridized carbons (Fsp3) is 0.200. The van der Waals surface area contributed by atoms with Gasteiger partial charge in [-0.15, -0.1) is 11.6 Å². The SMILES string of the molecule is COc1cc(C(Cl)c2cc(Cl)c(OC)cc2Cl)ccc1F. The molecule has 21 heavy (non-hydrogen) atoms. The lowest BCUT2D eigenvalue weighted by Gasteiger charge is -2.15. The molecule has 2 nitrogen and oxygen atoms in total. The van der Waals surface area contributed by atoms with Crippen molar-refractivity contribution in [3.8, 4) is 11.5 Å². The number of methoxy groups -OCH3 is 2. The van der Waals surface area contributed by atoms with Crippen LogP contribution in [0.5, 0.6) is 11.5 Å². The molecule has 0 N–H and O–H groups in total. The summed E-state index contributed by atoms with van der Waals surface area (Å²) in [5.74, 6) is 0.129. The van der Waals surface area contributed by atoms with Gasteiger partial charge in [-0.3, -0.25) is 0 Å². The van der Waals surface area contributed by atoms with Crippen molar-refractivity contribution < 1.29 is 13.9 Å². The molecular formula is C15H12Cl3FO2. The topological polar surface area (TPSA) is 18.5 Å². The second-order valence-electron chi connectivity index (χ2n) is 4.26. The van der Waals surface area contributed by atoms with Crippen molar-refractivity contribution in [3.05, 3.63) is 57.3 Å². The van der Waals surface area contributed by atoms with E-state index >= 15 is 0 Å². The summed E-state index contributed by atoms with van der Waals surface area (Å²) in [7, 11) is 2.89. The monoisotopic (exact) mass is 348 g/mol. The maximum atomic E-state index is 13.4. The van der Waals surface area contributed by atoms with Crippen molar-refractivity contribution in [1.82, 2.24) is 0 Å². The van der Waals surface area contributed by atoms with Gasteiger partial charge in [0.05, 0.1) is 24.6 Å². The zero-order valence-corrected chi connectivity index (χ0v) is 13.6. The van der Waals surface area contributed by atoms with Gasteiger partial charge in [-0.05, 0) is 29.3 Å². The highest BCUT2D eigenvalue weighted by molar-refractivity contribution is 6.36. The highest BCUT2D eigenvalue weighted by Gasteiger charge is 2.18. The van der Waals surface area contributed by atoms with E-state index in [4.69, 9.17) is 44.3 Å². The first-order valence-electron chi connectivity index (χ1n) is 5.98. The molecule has 112 valence electrons. The van der Waals surface area contributed by atoms with Crippen LogP contribution >= 0.6 is 34.8 Å². The van der Waals surface area contributed by atoms with E-state index in [2.05, 4.69) is 0 Å². The summed E-state index contributed by atoms with van der Waals surface area (Å²) < 4.78 is 23.5. The zero-order valence-electron chi connectivity index (χ0n) is 11.3. The Morgan fingerprint density at radius 3 is 2.24 bits per heavy atom. The third-order valence-electron chi connectivity index (χ3n) is 3.01. The van der Waals surface area contributed by atoms with Crippen LogP contribution in [0.25, 0.3) is 0 Å². The van der Waals surface area contributed by atoms with Gasteiger partial charge < -0.3 is 9.47 Å². The summed E-state index contributed by atoms with van der Waals surface area (Å²) in [6.07, 6.45) is 0. The first-order chi connectivity index (χ1) is 9.97. The van der Waals surface area contributed by atoms with Crippen LogP contribution in [0, 0.1) is 5.82 Å². The molecule has 1 atom stereocenters. The largest absolute Gasteiger partial charge is 0.495 e. The highest BCUT2D eigenvalue weighted by Crippen LogP contribution is 2.40. The van der Waals surface area contributed by atoms with Crippen molar-refractivity contribution in [2.24, 2.45) is 0 Å².